The molecule has 0 aliphatic rings. The van der Waals surface area contributed by atoms with Gasteiger partial charge in [0, 0.05) is 18.7 Å². The first-order valence-electron chi connectivity index (χ1n) is 6.25. The smallest absolute Gasteiger partial charge is 0.261 e. The van der Waals surface area contributed by atoms with Gasteiger partial charge in [-0.1, -0.05) is 0 Å². The number of hydrogen-bond acceptors (Lipinski definition) is 5. The lowest BCUT2D eigenvalue weighted by Crippen LogP contribution is -2.32. The molecule has 0 atom stereocenters. The zero-order valence-electron chi connectivity index (χ0n) is 11.6. The fourth-order valence-electron chi connectivity index (χ4n) is 1.95. The molecule has 0 aromatic carbocycles. The average Bonchev–Trinajstić information content (AvgIpc) is 2.73. The molecule has 0 fully saturated rings. The van der Waals surface area contributed by atoms with E-state index in [4.69, 9.17) is 0 Å². The van der Waals surface area contributed by atoms with Gasteiger partial charge in [-0.2, -0.15) is 0 Å². The van der Waals surface area contributed by atoms with E-state index in [-0.39, 0.29) is 17.0 Å². The molecule has 0 saturated heterocycles. The highest BCUT2D eigenvalue weighted by Gasteiger charge is 2.14. The number of nitrogens with one attached hydrogen (secondary N) is 2. The minimum Gasteiger partial charge on any atom is -0.351 e. The summed E-state index contributed by atoms with van der Waals surface area (Å²) in [4.78, 5) is 26.5. The molecular formula is C13H16N4O2S. The molecule has 7 heteroatoms. The van der Waals surface area contributed by atoms with Crippen LogP contribution in [0.25, 0.3) is 0 Å². The summed E-state index contributed by atoms with van der Waals surface area (Å²) >= 11 is 1.50. The zero-order valence-corrected chi connectivity index (χ0v) is 12.4. The van der Waals surface area contributed by atoms with Gasteiger partial charge in [-0.05, 0) is 32.4 Å². The van der Waals surface area contributed by atoms with E-state index in [0.29, 0.717) is 18.5 Å². The molecule has 0 aliphatic heterocycles. The fourth-order valence-corrected chi connectivity index (χ4v) is 2.65. The van der Waals surface area contributed by atoms with E-state index >= 15 is 0 Å². The molecule has 0 aliphatic carbocycles. The van der Waals surface area contributed by atoms with Crippen LogP contribution in [0.4, 0.5) is 0 Å². The standard InChI is InChI=1S/C13H16N4O2S/c1-7-6-8(2)15-13(19)11(7)12(18)14-5-4-10-17-16-9(3)20-10/h6H,4-5H2,1-3H3,(H,14,18)(H,15,19). The van der Waals surface area contributed by atoms with E-state index in [9.17, 15) is 9.59 Å². The van der Waals surface area contributed by atoms with Crippen LogP contribution in [0.5, 0.6) is 0 Å². The van der Waals surface area contributed by atoms with Crippen LogP contribution in [0, 0.1) is 20.8 Å². The molecule has 0 unspecified atom stereocenters. The highest BCUT2D eigenvalue weighted by atomic mass is 32.1. The van der Waals surface area contributed by atoms with Crippen LogP contribution in [0.1, 0.15) is 31.6 Å². The molecule has 20 heavy (non-hydrogen) atoms. The van der Waals surface area contributed by atoms with Crippen LogP contribution in [0.3, 0.4) is 0 Å². The zero-order chi connectivity index (χ0) is 14.7. The number of aromatic amines is 1. The van der Waals surface area contributed by atoms with Crippen molar-refractivity contribution in [1.82, 2.24) is 20.5 Å². The monoisotopic (exact) mass is 292 g/mol. The second kappa shape index (κ2) is 5.96. The predicted molar refractivity (Wildman–Crippen MR) is 77.2 cm³/mol. The number of aryl methyl sites for hydroxylation is 3. The summed E-state index contributed by atoms with van der Waals surface area (Å²) in [6.45, 7) is 5.86. The minimum absolute atomic E-state index is 0.170. The van der Waals surface area contributed by atoms with Crippen molar-refractivity contribution in [2.24, 2.45) is 0 Å². The number of carbonyl (C=O) groups excluding carboxylic acids is 1. The van der Waals surface area contributed by atoms with Crippen LogP contribution in [-0.4, -0.2) is 27.6 Å². The second-order valence-electron chi connectivity index (χ2n) is 4.56. The van der Waals surface area contributed by atoms with Crippen LogP contribution >= 0.6 is 11.3 Å². The Bertz CT molecular complexity index is 690. The van der Waals surface area contributed by atoms with Crippen molar-refractivity contribution in [2.45, 2.75) is 27.2 Å². The summed E-state index contributed by atoms with van der Waals surface area (Å²) in [6, 6.07) is 1.78. The van der Waals surface area contributed by atoms with E-state index in [1.54, 1.807) is 19.9 Å². The molecular weight excluding hydrogens is 276 g/mol. The molecule has 2 rings (SSSR count). The number of nitrogens with zero attached hydrogens (tertiary/aromatic N) is 2. The Labute approximate surface area is 120 Å². The molecule has 106 valence electrons. The van der Waals surface area contributed by atoms with Gasteiger partial charge >= 0.3 is 0 Å². The lowest BCUT2D eigenvalue weighted by Gasteiger charge is -2.06. The van der Waals surface area contributed by atoms with Crippen LogP contribution in [0.2, 0.25) is 0 Å². The maximum absolute atomic E-state index is 12.0. The van der Waals surface area contributed by atoms with Crippen molar-refractivity contribution >= 4 is 17.2 Å². The van der Waals surface area contributed by atoms with Crippen LogP contribution in [-0.2, 0) is 6.42 Å². The largest absolute Gasteiger partial charge is 0.351 e. The summed E-state index contributed by atoms with van der Waals surface area (Å²) in [5, 5.41) is 12.4. The van der Waals surface area contributed by atoms with E-state index in [1.165, 1.54) is 11.3 Å². The molecule has 0 saturated carbocycles. The minimum atomic E-state index is -0.356. The number of pyridine rings is 1. The van der Waals surface area contributed by atoms with E-state index in [1.807, 2.05) is 6.92 Å². The fraction of sp³-hybridized carbons (Fsp3) is 0.385. The lowest BCUT2D eigenvalue weighted by atomic mass is 10.1. The van der Waals surface area contributed by atoms with Crippen molar-refractivity contribution in [3.63, 3.8) is 0 Å². The Balaban J connectivity index is 2.00. The van der Waals surface area contributed by atoms with E-state index in [0.717, 1.165) is 15.7 Å². The summed E-state index contributed by atoms with van der Waals surface area (Å²) in [6.07, 6.45) is 0.611. The molecule has 0 spiro atoms. The van der Waals surface area contributed by atoms with Gasteiger partial charge < -0.3 is 10.3 Å². The summed E-state index contributed by atoms with van der Waals surface area (Å²) in [7, 11) is 0. The van der Waals surface area contributed by atoms with Gasteiger partial charge in [0.15, 0.2) is 0 Å². The normalized spacial score (nSPS) is 10.6. The number of aromatic nitrogens is 3. The maximum atomic E-state index is 12.0. The molecule has 0 bridgehead atoms. The topological polar surface area (TPSA) is 87.7 Å². The lowest BCUT2D eigenvalue weighted by molar-refractivity contribution is 0.0952. The second-order valence-corrected chi connectivity index (χ2v) is 5.83. The van der Waals surface area contributed by atoms with E-state index < -0.39 is 0 Å². The van der Waals surface area contributed by atoms with Crippen molar-refractivity contribution in [2.75, 3.05) is 6.54 Å². The third-order valence-corrected chi connectivity index (χ3v) is 3.68. The molecule has 1 amide bonds. The van der Waals surface area contributed by atoms with Gasteiger partial charge in [-0.3, -0.25) is 9.59 Å². The quantitative estimate of drug-likeness (QED) is 0.884. The number of amides is 1. The van der Waals surface area contributed by atoms with Crippen LogP contribution < -0.4 is 10.9 Å². The molecule has 2 aromatic heterocycles. The molecule has 2 N–H and O–H groups in total. The summed E-state index contributed by atoms with van der Waals surface area (Å²) in [5.41, 5.74) is 1.24. The number of hydrogen-bond donors (Lipinski definition) is 2. The highest BCUT2D eigenvalue weighted by Crippen LogP contribution is 2.08. The average molecular weight is 292 g/mol. The van der Waals surface area contributed by atoms with E-state index in [2.05, 4.69) is 20.5 Å². The van der Waals surface area contributed by atoms with Gasteiger partial charge in [-0.15, -0.1) is 21.5 Å². The van der Waals surface area contributed by atoms with Crippen molar-refractivity contribution in [3.8, 4) is 0 Å². The van der Waals surface area contributed by atoms with Crippen LogP contribution in [0.15, 0.2) is 10.9 Å². The Morgan fingerprint density at radius 2 is 2.10 bits per heavy atom. The van der Waals surface area contributed by atoms with Crippen molar-refractivity contribution in [3.05, 3.63) is 43.3 Å². The third-order valence-electron chi connectivity index (χ3n) is 2.78. The molecule has 6 nitrogen and oxygen atoms in total. The Kier molecular flexibility index (Phi) is 4.29. The summed E-state index contributed by atoms with van der Waals surface area (Å²) in [5.74, 6) is -0.356. The number of carbonyl (C=O) groups is 1. The van der Waals surface area contributed by atoms with Gasteiger partial charge in [0.05, 0.1) is 0 Å². The number of H-pyrrole nitrogens is 1. The predicted octanol–water partition coefficient (Wildman–Crippen LogP) is 1.12. The number of rotatable bonds is 4. The summed E-state index contributed by atoms with van der Waals surface area (Å²) < 4.78 is 0. The Hall–Kier alpha value is -2.02. The highest BCUT2D eigenvalue weighted by molar-refractivity contribution is 7.11. The van der Waals surface area contributed by atoms with Crippen molar-refractivity contribution in [1.29, 1.82) is 0 Å². The van der Waals surface area contributed by atoms with Gasteiger partial charge in [0.2, 0.25) is 0 Å². The third kappa shape index (κ3) is 3.30. The Morgan fingerprint density at radius 3 is 2.70 bits per heavy atom. The molecule has 2 heterocycles. The first-order chi connectivity index (χ1) is 9.47. The SMILES string of the molecule is Cc1cc(C)c(C(=O)NCCc2nnc(C)s2)c(=O)[nH]1. The first kappa shape index (κ1) is 14.4. The first-order valence-corrected chi connectivity index (χ1v) is 7.06. The molecule has 0 radical (unpaired) electrons. The van der Waals surface area contributed by atoms with Gasteiger partial charge in [-0.25, -0.2) is 0 Å². The molecule has 2 aromatic rings. The Morgan fingerprint density at radius 1 is 1.35 bits per heavy atom. The van der Waals surface area contributed by atoms with Gasteiger partial charge in [0.25, 0.3) is 11.5 Å². The van der Waals surface area contributed by atoms with Crippen molar-refractivity contribution < 1.29 is 4.79 Å². The van der Waals surface area contributed by atoms with Gasteiger partial charge in [0.1, 0.15) is 15.6 Å². The maximum Gasteiger partial charge on any atom is 0.261 e.